The van der Waals surface area contributed by atoms with Crippen LogP contribution < -0.4 is 0 Å². The molecule has 35 atom stereocenters. The number of carbonyl (C=O) groups is 1. The molecule has 0 N–H and O–H groups in total. The third-order valence-corrected chi connectivity index (χ3v) is 86.2. The second-order valence-electron chi connectivity index (χ2n) is 46.3. The van der Waals surface area contributed by atoms with Crippen LogP contribution in [-0.4, -0.2) is 302 Å². The summed E-state index contributed by atoms with van der Waals surface area (Å²) in [6.07, 6.45) is 91.9. The fraction of sp³-hybridized carbons (Fsp3) is 0.894. The SMILES string of the molecule is C.C[C@H]1CCC[P@]1C.C[C@H]1CCC[P@]1C.C[C@H]1CCC[P@]1C.C[P@@]1CCC[C@@H]1C(=O)[C@H]1CCC[P@]1C.C[P@@]1CCC[C@@H]1C1CCCC1.C[P@@]1CCC[C@@H]1C[C@H]1CCC[P@]1C.C[P@@]1CCC[C@@H]1C[C@H]1CCC[P@]1C.C[P@@]1CCC[C@@H]1C[C@H]1CCC[P@]1C.C[P@@]1CCC[C@@H]1c1cccc([C@H]2CCC[P@]2C)c1.C[P@@]1CCC[C@@H]1c1cccc([C@H]2CCC[P@]2C)n1.C[P@@]1PCC[C@@H]1C1CCCC1.[Fe]. The van der Waals surface area contributed by atoms with Crippen molar-refractivity contribution < 1.29 is 21.9 Å². The fourth-order valence-corrected chi connectivity index (χ4v) is 68.7. The summed E-state index contributed by atoms with van der Waals surface area (Å²) in [5.41, 5.74) is 23.2. The minimum atomic E-state index is 0. The number of ketones is 1. The van der Waals surface area contributed by atoms with Crippen molar-refractivity contribution in [2.24, 2.45) is 11.8 Å². The third kappa shape index (κ3) is 40.3. The first-order chi connectivity index (χ1) is 63.7. The van der Waals surface area contributed by atoms with Crippen LogP contribution in [0.25, 0.3) is 0 Å². The summed E-state index contributed by atoms with van der Waals surface area (Å²) in [7, 11) is 7.45. The quantitative estimate of drug-likeness (QED) is 0.139. The summed E-state index contributed by atoms with van der Waals surface area (Å²) in [6.45, 7) is 49.4. The van der Waals surface area contributed by atoms with Gasteiger partial charge >= 0.3 is 0 Å². The summed E-state index contributed by atoms with van der Waals surface area (Å²) in [4.78, 5) is 17.4. The van der Waals surface area contributed by atoms with Gasteiger partial charge in [-0.1, -0.05) is 116 Å². The van der Waals surface area contributed by atoms with Gasteiger partial charge in [0.2, 0.25) is 0 Å². The van der Waals surface area contributed by atoms with Gasteiger partial charge in [-0.25, -0.2) is 0 Å². The zero-order valence-corrected chi connectivity index (χ0v) is 107. The standard InChI is InChI=1S/C16H24P2.C15H23NP2.C11H20OP2.3C11H22P2.C10H19P.C9H18P2.3C6H13P.CH4.Fe/c1-17-10-4-8-15(17)13-6-3-7-14(12-13)16-9-5-11-18(16)2;1-17-10-4-8-14(17)12-6-3-7-13(16-12)15-9-5-11-18(15)2;1-13-7-3-5-9(13)11(12)10-6-4-8-14(10)2;3*1-12-7-3-5-10(12)9-11-6-4-8-13(11)2;1-11-8-4-7-10(11)9-5-2-3-6-9;1-11-9(6-7-10-11)8-4-2-3-5-8;3*1-6-4-3-5-7(6)2;;/h3,6-7,12,15-16H,4-5,8-11H2,1-2H3;3,6-7,14-15H,4-5,8-11H2,1-2H3;9-10H,3-8H2,1-2H3;3*10-11H,3-9H2,1-2H3;9-10H,2-8H2,1H3;8-10H,2-7H2,1H3;3*6H,3-5H2,1-2H3;1H4;/t15-,16-,17+,18+;14-,15-,17+,18+;9-,10-,13+,14+;3*10-,11-,12+,13+;10-,11+;9-,11-;3*6-,7-;;/m11111111000../s1. The van der Waals surface area contributed by atoms with Crippen molar-refractivity contribution in [3.63, 3.8) is 0 Å². The van der Waals surface area contributed by atoms with E-state index in [-0.39, 0.29) is 72.0 Å². The number of carbonyl (C=O) groups excluding carboxylic acids is 1. The van der Waals surface area contributed by atoms with Crippen LogP contribution in [0.2, 0.25) is 0 Å². The summed E-state index contributed by atoms with van der Waals surface area (Å²) in [5, 5.41) is 0. The number of pyridine rings is 1. The second-order valence-corrected chi connectivity index (χ2v) is 94.9. The van der Waals surface area contributed by atoms with Crippen molar-refractivity contribution >= 4 is 148 Å². The average Bonchev–Trinajstić information content (AvgIpc) is 1.64. The molecule has 0 bridgehead atoms. The number of rotatable bonds is 14. The molecule has 17 aliphatic heterocycles. The molecule has 0 spiro atoms. The number of hydrogen-bond donors (Lipinski definition) is 0. The van der Waals surface area contributed by atoms with Gasteiger partial charge in [-0.2, -0.15) is 0 Å². The molecule has 19 aliphatic rings. The molecule has 1 unspecified atom stereocenters. The molecule has 134 heavy (non-hydrogen) atoms. The van der Waals surface area contributed by atoms with Gasteiger partial charge in [-0.15, -0.1) is 111 Å². The van der Waals surface area contributed by atoms with Crippen LogP contribution in [0.4, 0.5) is 0 Å². The maximum absolute atomic E-state index is 12.3. The number of aromatic nitrogens is 1. The molecule has 0 amide bonds. The first-order valence-corrected chi connectivity index (χ1v) is 92.6. The monoisotopic (exact) mass is 2210 g/mol. The van der Waals surface area contributed by atoms with E-state index in [1.165, 1.54) is 268 Å². The molecule has 2 aromatic rings. The Bertz CT molecular complexity index is 3050. The minimum Gasteiger partial charge on any atom is -0.298 e. The van der Waals surface area contributed by atoms with E-state index in [9.17, 15) is 4.79 Å². The molecule has 2 aliphatic carbocycles. The number of nitrogens with zero attached hydrogens (tertiary/aromatic N) is 1. The minimum absolute atomic E-state index is 0. The molecular formula is C113H213FeNOP18. The van der Waals surface area contributed by atoms with E-state index in [1.807, 2.05) is 0 Å². The van der Waals surface area contributed by atoms with Gasteiger partial charge in [0.15, 0.2) is 0 Å². The van der Waals surface area contributed by atoms with Crippen molar-refractivity contribution in [1.29, 1.82) is 0 Å². The van der Waals surface area contributed by atoms with Crippen LogP contribution in [-0.2, 0) is 21.9 Å². The molecule has 2 nitrogen and oxygen atoms in total. The van der Waals surface area contributed by atoms with Crippen molar-refractivity contribution in [1.82, 2.24) is 4.98 Å². The summed E-state index contributed by atoms with van der Waals surface area (Å²) in [5.74, 6) is 3.00. The first-order valence-electron chi connectivity index (χ1n) is 56.0. The van der Waals surface area contributed by atoms with Gasteiger partial charge in [-0.3, -0.25) is 9.78 Å². The largest absolute Gasteiger partial charge is 0.298 e. The maximum Gasteiger partial charge on any atom is 0.147 e. The van der Waals surface area contributed by atoms with E-state index in [1.54, 1.807) is 202 Å². The number of Topliss-reactive ketones (excluding diaryl/α,β-unsaturated/α-hetero) is 1. The van der Waals surface area contributed by atoms with Gasteiger partial charge in [0.05, 0.1) is 0 Å². The van der Waals surface area contributed by atoms with E-state index in [2.05, 4.69) is 177 Å². The Labute approximate surface area is 869 Å². The summed E-state index contributed by atoms with van der Waals surface area (Å²) >= 11 is 0. The van der Waals surface area contributed by atoms with Crippen LogP contribution in [0, 0.1) is 11.8 Å². The molecule has 0 radical (unpaired) electrons. The van der Waals surface area contributed by atoms with Crippen LogP contribution in [0.3, 0.4) is 0 Å². The van der Waals surface area contributed by atoms with Gasteiger partial charge in [-0.05, 0) is 572 Å². The van der Waals surface area contributed by atoms with E-state index < -0.39 is 0 Å². The first kappa shape index (κ1) is 124. The summed E-state index contributed by atoms with van der Waals surface area (Å²) < 4.78 is 0. The molecule has 21 rings (SSSR count). The van der Waals surface area contributed by atoms with Gasteiger partial charge in [0.25, 0.3) is 0 Å². The van der Waals surface area contributed by atoms with Crippen LogP contribution in [0.5, 0.6) is 0 Å². The molecule has 19 fully saturated rings. The number of benzene rings is 1. The predicted octanol–water partition coefficient (Wildman–Crippen LogP) is 40.0. The molecule has 18 heterocycles. The van der Waals surface area contributed by atoms with E-state index >= 15 is 0 Å². The Hall–Kier alpha value is 6.30. The van der Waals surface area contributed by atoms with Gasteiger partial charge in [0, 0.05) is 62.4 Å². The Morgan fingerprint density at radius 3 is 0.776 bits per heavy atom. The predicted molar refractivity (Wildman–Crippen MR) is 659 cm³/mol. The Balaban J connectivity index is 0.000000167. The normalized spacial score (nSPS) is 40.8. The smallest absolute Gasteiger partial charge is 0.147 e. The zero-order valence-electron chi connectivity index (χ0n) is 90.0. The zero-order chi connectivity index (χ0) is 94.2. The molecule has 1 aromatic carbocycles. The van der Waals surface area contributed by atoms with Crippen LogP contribution in [0.15, 0.2) is 42.5 Å². The number of hydrogen-bond acceptors (Lipinski definition) is 2. The summed E-state index contributed by atoms with van der Waals surface area (Å²) in [6, 6.07) is 16.5. The topological polar surface area (TPSA) is 30.0 Å². The van der Waals surface area contributed by atoms with Crippen LogP contribution in [0.1, 0.15) is 356 Å². The van der Waals surface area contributed by atoms with Crippen molar-refractivity contribution in [3.8, 4) is 0 Å². The maximum atomic E-state index is 12.3. The molecule has 1 aromatic heterocycles. The Morgan fingerprint density at radius 2 is 0.537 bits per heavy atom. The Kier molecular flexibility index (Phi) is 62.0. The third-order valence-electron chi connectivity index (χ3n) is 37.0. The van der Waals surface area contributed by atoms with Crippen molar-refractivity contribution in [2.45, 2.75) is 407 Å². The molecule has 21 heteroatoms. The van der Waals surface area contributed by atoms with Crippen molar-refractivity contribution in [2.75, 3.05) is 218 Å². The van der Waals surface area contributed by atoms with Crippen LogP contribution >= 0.6 is 143 Å². The van der Waals surface area contributed by atoms with E-state index in [0.29, 0.717) is 104 Å². The molecule has 17 saturated heterocycles. The average molecular weight is 2220 g/mol. The second kappa shape index (κ2) is 67.1. The van der Waals surface area contributed by atoms with Gasteiger partial charge < -0.3 is 0 Å². The van der Waals surface area contributed by atoms with Crippen molar-refractivity contribution in [3.05, 3.63) is 65.0 Å². The Morgan fingerprint density at radius 1 is 0.276 bits per heavy atom. The van der Waals surface area contributed by atoms with Gasteiger partial charge in [0.1, 0.15) is 5.78 Å². The molecular weight excluding hydrogens is 2000 g/mol. The van der Waals surface area contributed by atoms with E-state index in [4.69, 9.17) is 4.98 Å². The molecule has 774 valence electrons. The molecule has 2 saturated carbocycles. The van der Waals surface area contributed by atoms with E-state index in [0.717, 1.165) is 45.5 Å². The fourth-order valence-electron chi connectivity index (χ4n) is 27.1.